The average Bonchev–Trinajstić information content (AvgIpc) is 2.47. The van der Waals surface area contributed by atoms with Crippen molar-refractivity contribution in [2.45, 2.75) is 6.42 Å². The highest BCUT2D eigenvalue weighted by Gasteiger charge is 2.07. The molecule has 0 radical (unpaired) electrons. The summed E-state index contributed by atoms with van der Waals surface area (Å²) in [6.45, 7) is -0.00245. The van der Waals surface area contributed by atoms with Crippen molar-refractivity contribution < 1.29 is 14.9 Å². The van der Waals surface area contributed by atoms with Gasteiger partial charge in [0.1, 0.15) is 11.5 Å². The molecule has 2 N–H and O–H groups in total. The van der Waals surface area contributed by atoms with Crippen molar-refractivity contribution in [3.63, 3.8) is 0 Å². The summed E-state index contributed by atoms with van der Waals surface area (Å²) in [5, 5.41) is 18.1. The highest BCUT2D eigenvalue weighted by molar-refractivity contribution is 5.33. The van der Waals surface area contributed by atoms with Gasteiger partial charge >= 0.3 is 0 Å². The maximum Gasteiger partial charge on any atom is 0.127 e. The first-order valence-electron chi connectivity index (χ1n) is 6.35. The Kier molecular flexibility index (Phi) is 4.95. The van der Waals surface area contributed by atoms with E-state index in [4.69, 9.17) is 14.9 Å². The molecule has 0 spiro atoms. The standard InChI is InChI=1S/C16H18O3/c17-11-14(12-18)10-13-6-8-16(9-7-13)19-15-4-2-1-3-5-15/h1-9,14,17-18H,10-12H2. The van der Waals surface area contributed by atoms with Gasteiger partial charge in [-0.05, 0) is 36.2 Å². The Labute approximate surface area is 113 Å². The fraction of sp³-hybridized carbons (Fsp3) is 0.250. The van der Waals surface area contributed by atoms with Crippen LogP contribution in [0.1, 0.15) is 5.56 Å². The molecule has 0 aromatic heterocycles. The number of aliphatic hydroxyl groups excluding tert-OH is 2. The lowest BCUT2D eigenvalue weighted by atomic mass is 10.0. The monoisotopic (exact) mass is 258 g/mol. The van der Waals surface area contributed by atoms with Gasteiger partial charge in [-0.1, -0.05) is 30.3 Å². The first-order chi connectivity index (χ1) is 9.31. The normalized spacial score (nSPS) is 10.7. The van der Waals surface area contributed by atoms with Crippen LogP contribution in [0, 0.1) is 5.92 Å². The second-order valence-corrected chi connectivity index (χ2v) is 4.49. The van der Waals surface area contributed by atoms with Crippen LogP contribution in [0.5, 0.6) is 11.5 Å². The van der Waals surface area contributed by atoms with Crippen LogP contribution in [0.2, 0.25) is 0 Å². The summed E-state index contributed by atoms with van der Waals surface area (Å²) in [6.07, 6.45) is 0.665. The molecule has 0 fully saturated rings. The number of hydrogen-bond donors (Lipinski definition) is 2. The molecular formula is C16H18O3. The number of rotatable bonds is 6. The van der Waals surface area contributed by atoms with Crippen LogP contribution in [0.3, 0.4) is 0 Å². The van der Waals surface area contributed by atoms with Crippen molar-refractivity contribution in [3.05, 3.63) is 60.2 Å². The van der Waals surface area contributed by atoms with Crippen LogP contribution in [-0.4, -0.2) is 23.4 Å². The van der Waals surface area contributed by atoms with Gasteiger partial charge in [-0.2, -0.15) is 0 Å². The van der Waals surface area contributed by atoms with Gasteiger partial charge in [0.15, 0.2) is 0 Å². The van der Waals surface area contributed by atoms with Gasteiger partial charge in [-0.15, -0.1) is 0 Å². The van der Waals surface area contributed by atoms with Crippen molar-refractivity contribution in [1.82, 2.24) is 0 Å². The molecular weight excluding hydrogens is 240 g/mol. The van der Waals surface area contributed by atoms with Crippen molar-refractivity contribution >= 4 is 0 Å². The summed E-state index contributed by atoms with van der Waals surface area (Å²) >= 11 is 0. The summed E-state index contributed by atoms with van der Waals surface area (Å²) in [5.41, 5.74) is 1.08. The molecule has 0 atom stereocenters. The molecule has 2 rings (SSSR count). The first-order valence-corrected chi connectivity index (χ1v) is 6.35. The molecule has 2 aromatic carbocycles. The number of para-hydroxylation sites is 1. The summed E-state index contributed by atoms with van der Waals surface area (Å²) < 4.78 is 5.69. The van der Waals surface area contributed by atoms with Crippen LogP contribution in [-0.2, 0) is 6.42 Å². The Hall–Kier alpha value is -1.84. The Bertz CT molecular complexity index is 475. The summed E-state index contributed by atoms with van der Waals surface area (Å²) in [6, 6.07) is 17.3. The van der Waals surface area contributed by atoms with E-state index in [0.717, 1.165) is 17.1 Å². The summed E-state index contributed by atoms with van der Waals surface area (Å²) in [5.74, 6) is 1.49. The Morgan fingerprint density at radius 2 is 1.37 bits per heavy atom. The third-order valence-corrected chi connectivity index (χ3v) is 2.94. The molecule has 0 aliphatic rings. The topological polar surface area (TPSA) is 49.7 Å². The predicted octanol–water partition coefficient (Wildman–Crippen LogP) is 2.62. The average molecular weight is 258 g/mol. The number of ether oxygens (including phenoxy) is 1. The van der Waals surface area contributed by atoms with E-state index in [1.54, 1.807) is 0 Å². The van der Waals surface area contributed by atoms with Gasteiger partial charge in [-0.25, -0.2) is 0 Å². The molecule has 0 amide bonds. The van der Waals surface area contributed by atoms with Crippen molar-refractivity contribution in [1.29, 1.82) is 0 Å². The minimum absolute atomic E-state index is 0.00122. The maximum absolute atomic E-state index is 9.05. The molecule has 3 heteroatoms. The van der Waals surface area contributed by atoms with Crippen LogP contribution in [0.15, 0.2) is 54.6 Å². The summed E-state index contributed by atoms with van der Waals surface area (Å²) in [4.78, 5) is 0. The lowest BCUT2D eigenvalue weighted by Gasteiger charge is -2.11. The molecule has 0 unspecified atom stereocenters. The molecule has 100 valence electrons. The van der Waals surface area contributed by atoms with E-state index in [9.17, 15) is 0 Å². The zero-order valence-electron chi connectivity index (χ0n) is 10.7. The molecule has 2 aromatic rings. The van der Waals surface area contributed by atoms with Gasteiger partial charge in [-0.3, -0.25) is 0 Å². The maximum atomic E-state index is 9.05. The number of hydrogen-bond acceptors (Lipinski definition) is 3. The lowest BCUT2D eigenvalue weighted by molar-refractivity contribution is 0.150. The van der Waals surface area contributed by atoms with Crippen LogP contribution in [0.25, 0.3) is 0 Å². The van der Waals surface area contributed by atoms with Gasteiger partial charge in [0, 0.05) is 19.1 Å². The van der Waals surface area contributed by atoms with Crippen LogP contribution in [0.4, 0.5) is 0 Å². The quantitative estimate of drug-likeness (QED) is 0.837. The van der Waals surface area contributed by atoms with E-state index in [2.05, 4.69) is 0 Å². The van der Waals surface area contributed by atoms with Gasteiger partial charge in [0.05, 0.1) is 0 Å². The van der Waals surface area contributed by atoms with E-state index in [1.807, 2.05) is 54.6 Å². The van der Waals surface area contributed by atoms with E-state index >= 15 is 0 Å². The zero-order chi connectivity index (χ0) is 13.5. The van der Waals surface area contributed by atoms with E-state index in [-0.39, 0.29) is 19.1 Å². The molecule has 0 bridgehead atoms. The van der Waals surface area contributed by atoms with E-state index in [1.165, 1.54) is 0 Å². The zero-order valence-corrected chi connectivity index (χ0v) is 10.7. The highest BCUT2D eigenvalue weighted by atomic mass is 16.5. The third-order valence-electron chi connectivity index (χ3n) is 2.94. The Morgan fingerprint density at radius 3 is 1.95 bits per heavy atom. The number of aliphatic hydroxyl groups is 2. The molecule has 0 saturated carbocycles. The Morgan fingerprint density at radius 1 is 0.789 bits per heavy atom. The molecule has 19 heavy (non-hydrogen) atoms. The predicted molar refractivity (Wildman–Crippen MR) is 74.3 cm³/mol. The largest absolute Gasteiger partial charge is 0.457 e. The second-order valence-electron chi connectivity index (χ2n) is 4.49. The van der Waals surface area contributed by atoms with Crippen LogP contribution >= 0.6 is 0 Å². The van der Waals surface area contributed by atoms with Crippen LogP contribution < -0.4 is 4.74 Å². The van der Waals surface area contributed by atoms with E-state index in [0.29, 0.717) is 6.42 Å². The van der Waals surface area contributed by atoms with Crippen molar-refractivity contribution in [3.8, 4) is 11.5 Å². The molecule has 0 saturated heterocycles. The molecule has 0 aliphatic heterocycles. The third kappa shape index (κ3) is 4.09. The van der Waals surface area contributed by atoms with E-state index < -0.39 is 0 Å². The Balaban J connectivity index is 1.98. The highest BCUT2D eigenvalue weighted by Crippen LogP contribution is 2.21. The minimum Gasteiger partial charge on any atom is -0.457 e. The van der Waals surface area contributed by atoms with Gasteiger partial charge in [0.2, 0.25) is 0 Å². The minimum atomic E-state index is -0.0964. The summed E-state index contributed by atoms with van der Waals surface area (Å²) in [7, 11) is 0. The van der Waals surface area contributed by atoms with Gasteiger partial charge < -0.3 is 14.9 Å². The van der Waals surface area contributed by atoms with Crippen molar-refractivity contribution in [2.24, 2.45) is 5.92 Å². The fourth-order valence-electron chi connectivity index (χ4n) is 1.84. The molecule has 3 nitrogen and oxygen atoms in total. The number of benzene rings is 2. The van der Waals surface area contributed by atoms with Crippen molar-refractivity contribution in [2.75, 3.05) is 13.2 Å². The lowest BCUT2D eigenvalue weighted by Crippen LogP contribution is -2.13. The first kappa shape index (κ1) is 13.6. The van der Waals surface area contributed by atoms with Gasteiger partial charge in [0.25, 0.3) is 0 Å². The SMILES string of the molecule is OCC(CO)Cc1ccc(Oc2ccccc2)cc1. The second kappa shape index (κ2) is 6.92. The molecule has 0 aliphatic carbocycles. The molecule has 0 heterocycles. The fourth-order valence-corrected chi connectivity index (χ4v) is 1.84. The smallest absolute Gasteiger partial charge is 0.127 e.